The van der Waals surface area contributed by atoms with Gasteiger partial charge in [0.2, 0.25) is 0 Å². The van der Waals surface area contributed by atoms with Crippen molar-refractivity contribution in [1.82, 2.24) is 0 Å². The molecule has 0 radical (unpaired) electrons. The summed E-state index contributed by atoms with van der Waals surface area (Å²) in [4.78, 5) is 12.9. The number of benzene rings is 3. The predicted molar refractivity (Wildman–Crippen MR) is 136 cm³/mol. The molecular formula is C28H33O5P. The molecule has 0 aliphatic heterocycles. The largest absolute Gasteiger partial charge is 0.508 e. The molecule has 0 heterocycles. The first kappa shape index (κ1) is 25.9. The Labute approximate surface area is 202 Å². The molecule has 0 atom stereocenters. The van der Waals surface area contributed by atoms with Crippen molar-refractivity contribution in [3.05, 3.63) is 99.6 Å². The van der Waals surface area contributed by atoms with Gasteiger partial charge >= 0.3 is 7.60 Å². The highest BCUT2D eigenvalue weighted by Crippen LogP contribution is 2.48. The van der Waals surface area contributed by atoms with Crippen LogP contribution in [0.2, 0.25) is 0 Å². The molecule has 0 aromatic heterocycles. The standard InChI is InChI=1S/C28H33O5P/c1-5-32-34(31,33-6-2)19-28(30)24-14-20(3)26(21(4)15-24)18-23-12-13-27(29)25(17-23)16-22-10-8-7-9-11-22/h7-15,17,29H,5-6,16,18-19H2,1-4H3. The number of ketones is 1. The van der Waals surface area contributed by atoms with Crippen LogP contribution in [0.3, 0.4) is 0 Å². The lowest BCUT2D eigenvalue weighted by Crippen LogP contribution is -2.11. The Morgan fingerprint density at radius 2 is 1.47 bits per heavy atom. The second-order valence-electron chi connectivity index (χ2n) is 8.42. The summed E-state index contributed by atoms with van der Waals surface area (Å²) in [6.45, 7) is 7.87. The summed E-state index contributed by atoms with van der Waals surface area (Å²) in [5.74, 6) is 0.0350. The smallest absolute Gasteiger partial charge is 0.338 e. The number of phenolic OH excluding ortho intramolecular Hbond substituents is 1. The van der Waals surface area contributed by atoms with Gasteiger partial charge in [-0.25, -0.2) is 0 Å². The molecule has 180 valence electrons. The van der Waals surface area contributed by atoms with Crippen molar-refractivity contribution in [2.24, 2.45) is 0 Å². The molecule has 1 N–H and O–H groups in total. The van der Waals surface area contributed by atoms with Crippen LogP contribution < -0.4 is 0 Å². The maximum atomic E-state index is 12.9. The number of aryl methyl sites for hydroxylation is 2. The average molecular weight is 481 g/mol. The summed E-state index contributed by atoms with van der Waals surface area (Å²) in [6, 6.07) is 19.5. The van der Waals surface area contributed by atoms with Gasteiger partial charge in [-0.2, -0.15) is 0 Å². The Morgan fingerprint density at radius 3 is 2.06 bits per heavy atom. The molecule has 3 rings (SSSR count). The molecule has 3 aromatic rings. The zero-order valence-electron chi connectivity index (χ0n) is 20.3. The van der Waals surface area contributed by atoms with Gasteiger partial charge in [-0.3, -0.25) is 9.36 Å². The number of Topliss-reactive ketones (excluding diaryl/α,β-unsaturated/α-hetero) is 1. The summed E-state index contributed by atoms with van der Waals surface area (Å²) in [6.07, 6.45) is 1.07. The Bertz CT molecular complexity index is 1150. The first-order valence-electron chi connectivity index (χ1n) is 11.6. The van der Waals surface area contributed by atoms with Crippen molar-refractivity contribution < 1.29 is 23.5 Å². The molecule has 0 aliphatic rings. The van der Waals surface area contributed by atoms with E-state index >= 15 is 0 Å². The number of aromatic hydroxyl groups is 1. The number of carbonyl (C=O) groups is 1. The molecule has 0 saturated carbocycles. The van der Waals surface area contributed by atoms with E-state index in [4.69, 9.17) is 9.05 Å². The molecule has 0 unspecified atom stereocenters. The lowest BCUT2D eigenvalue weighted by Gasteiger charge is -2.17. The van der Waals surface area contributed by atoms with Crippen LogP contribution >= 0.6 is 7.60 Å². The van der Waals surface area contributed by atoms with Crippen molar-refractivity contribution in [1.29, 1.82) is 0 Å². The highest BCUT2D eigenvalue weighted by Gasteiger charge is 2.28. The van der Waals surface area contributed by atoms with E-state index in [1.807, 2.05) is 68.4 Å². The summed E-state index contributed by atoms with van der Waals surface area (Å²) in [5.41, 5.74) is 6.73. The number of hydrogen-bond donors (Lipinski definition) is 1. The normalized spacial score (nSPS) is 11.5. The minimum Gasteiger partial charge on any atom is -0.508 e. The molecule has 3 aromatic carbocycles. The quantitative estimate of drug-likeness (QED) is 0.246. The third-order valence-electron chi connectivity index (χ3n) is 5.77. The van der Waals surface area contributed by atoms with Crippen LogP contribution in [0.1, 0.15) is 57.6 Å². The zero-order chi connectivity index (χ0) is 24.7. The van der Waals surface area contributed by atoms with Crippen LogP contribution in [0.25, 0.3) is 0 Å². The predicted octanol–water partition coefficient (Wildman–Crippen LogP) is 6.64. The summed E-state index contributed by atoms with van der Waals surface area (Å²) < 4.78 is 23.3. The Morgan fingerprint density at radius 1 is 0.853 bits per heavy atom. The van der Waals surface area contributed by atoms with Gasteiger partial charge in [0.15, 0.2) is 5.78 Å². The molecule has 34 heavy (non-hydrogen) atoms. The van der Waals surface area contributed by atoms with Crippen molar-refractivity contribution in [3.63, 3.8) is 0 Å². The molecule has 5 nitrogen and oxygen atoms in total. The molecule has 0 spiro atoms. The second kappa shape index (κ2) is 11.6. The fraction of sp³-hybridized carbons (Fsp3) is 0.321. The highest BCUT2D eigenvalue weighted by molar-refractivity contribution is 7.54. The zero-order valence-corrected chi connectivity index (χ0v) is 21.2. The second-order valence-corrected chi connectivity index (χ2v) is 10.5. The minimum absolute atomic E-state index is 0.223. The summed E-state index contributed by atoms with van der Waals surface area (Å²) in [7, 11) is -3.45. The topological polar surface area (TPSA) is 72.8 Å². The van der Waals surface area contributed by atoms with Gasteiger partial charge in [-0.05, 0) is 85.7 Å². The van der Waals surface area contributed by atoms with Gasteiger partial charge in [0.05, 0.1) is 13.2 Å². The van der Waals surface area contributed by atoms with E-state index in [0.717, 1.165) is 33.4 Å². The van der Waals surface area contributed by atoms with E-state index < -0.39 is 7.60 Å². The Balaban J connectivity index is 1.81. The van der Waals surface area contributed by atoms with Gasteiger partial charge in [-0.15, -0.1) is 0 Å². The number of rotatable bonds is 11. The number of hydrogen-bond acceptors (Lipinski definition) is 5. The van der Waals surface area contributed by atoms with E-state index in [1.165, 1.54) is 0 Å². The molecule has 0 amide bonds. The minimum atomic E-state index is -3.45. The van der Waals surface area contributed by atoms with Crippen molar-refractivity contribution in [2.45, 2.75) is 40.5 Å². The molecule has 0 saturated heterocycles. The molecule has 0 aliphatic carbocycles. The van der Waals surface area contributed by atoms with Crippen LogP contribution in [0.15, 0.2) is 60.7 Å². The van der Waals surface area contributed by atoms with Crippen LogP contribution in [-0.2, 0) is 26.5 Å². The maximum absolute atomic E-state index is 12.9. The number of carbonyl (C=O) groups excluding carboxylic acids is 1. The van der Waals surface area contributed by atoms with E-state index in [9.17, 15) is 14.5 Å². The fourth-order valence-corrected chi connectivity index (χ4v) is 5.71. The van der Waals surface area contributed by atoms with Crippen molar-refractivity contribution >= 4 is 13.4 Å². The highest BCUT2D eigenvalue weighted by atomic mass is 31.2. The average Bonchev–Trinajstić information content (AvgIpc) is 2.79. The molecule has 6 heteroatoms. The van der Waals surface area contributed by atoms with Gasteiger partial charge in [0.25, 0.3) is 0 Å². The third kappa shape index (κ3) is 6.66. The van der Waals surface area contributed by atoms with Gasteiger partial charge in [-0.1, -0.05) is 42.5 Å². The van der Waals surface area contributed by atoms with E-state index in [2.05, 4.69) is 0 Å². The lowest BCUT2D eigenvalue weighted by atomic mass is 9.92. The van der Waals surface area contributed by atoms with E-state index in [0.29, 0.717) is 18.4 Å². The van der Waals surface area contributed by atoms with Crippen molar-refractivity contribution in [2.75, 3.05) is 19.4 Å². The first-order valence-corrected chi connectivity index (χ1v) is 13.3. The van der Waals surface area contributed by atoms with E-state index in [-0.39, 0.29) is 30.9 Å². The van der Waals surface area contributed by atoms with Gasteiger partial charge < -0.3 is 14.2 Å². The lowest BCUT2D eigenvalue weighted by molar-refractivity contribution is 0.100. The Hall–Kier alpha value is -2.72. The van der Waals surface area contributed by atoms with Crippen LogP contribution in [-0.4, -0.2) is 30.3 Å². The Kier molecular flexibility index (Phi) is 8.84. The molecule has 0 bridgehead atoms. The monoisotopic (exact) mass is 480 g/mol. The van der Waals surface area contributed by atoms with E-state index in [1.54, 1.807) is 19.9 Å². The summed E-state index contributed by atoms with van der Waals surface area (Å²) in [5, 5.41) is 10.4. The van der Waals surface area contributed by atoms with Crippen molar-refractivity contribution in [3.8, 4) is 5.75 Å². The molecular weight excluding hydrogens is 447 g/mol. The van der Waals surface area contributed by atoms with Crippen LogP contribution in [0, 0.1) is 13.8 Å². The van der Waals surface area contributed by atoms with Gasteiger partial charge in [0, 0.05) is 12.0 Å². The first-order chi connectivity index (χ1) is 16.2. The fourth-order valence-electron chi connectivity index (χ4n) is 4.13. The maximum Gasteiger partial charge on any atom is 0.338 e. The number of phenols is 1. The van der Waals surface area contributed by atoms with Gasteiger partial charge in [0.1, 0.15) is 11.9 Å². The SMILES string of the molecule is CCOP(=O)(CC(=O)c1cc(C)c(Cc2ccc(O)c(Cc3ccccc3)c2)c(C)c1)OCC. The third-order valence-corrected chi connectivity index (χ3v) is 7.75. The molecule has 0 fully saturated rings. The van der Waals surface area contributed by atoms with Crippen LogP contribution in [0.5, 0.6) is 5.75 Å². The van der Waals surface area contributed by atoms with Crippen LogP contribution in [0.4, 0.5) is 0 Å². The summed E-state index contributed by atoms with van der Waals surface area (Å²) >= 11 is 0.